The highest BCUT2D eigenvalue weighted by Gasteiger charge is 2.38. The zero-order chi connectivity index (χ0) is 20.7. The molecule has 0 saturated heterocycles. The summed E-state index contributed by atoms with van der Waals surface area (Å²) in [5.74, 6) is -2.16. The van der Waals surface area contributed by atoms with Crippen molar-refractivity contribution in [2.24, 2.45) is 0 Å². The molecule has 0 saturated carbocycles. The molecule has 2 amide bonds. The molecule has 0 aliphatic carbocycles. The van der Waals surface area contributed by atoms with Crippen LogP contribution in [0.4, 0.5) is 13.2 Å². The highest BCUT2D eigenvalue weighted by atomic mass is 19.4. The minimum Gasteiger partial charge on any atom is -0.494 e. The number of ether oxygens (including phenoxy) is 1. The highest BCUT2D eigenvalue weighted by Crippen LogP contribution is 2.28. The molecule has 1 heterocycles. The van der Waals surface area contributed by atoms with Crippen LogP contribution >= 0.6 is 0 Å². The van der Waals surface area contributed by atoms with E-state index in [2.05, 4.69) is 25.3 Å². The van der Waals surface area contributed by atoms with Gasteiger partial charge in [0, 0.05) is 12.5 Å². The topological polar surface area (TPSA) is 106 Å². The Morgan fingerprint density at radius 1 is 1.29 bits per heavy atom. The second-order valence-electron chi connectivity index (χ2n) is 5.72. The number of hydrogen-bond donors (Lipinski definition) is 2. The number of para-hydroxylation sites is 1. The Labute approximate surface area is 158 Å². The number of benzene rings is 1. The van der Waals surface area contributed by atoms with Crippen LogP contribution in [-0.4, -0.2) is 28.6 Å². The normalized spacial score (nSPS) is 12.3. The zero-order valence-electron chi connectivity index (χ0n) is 15.2. The maximum Gasteiger partial charge on any atom is 0.471 e. The van der Waals surface area contributed by atoms with Crippen LogP contribution in [0.2, 0.25) is 0 Å². The first kappa shape index (κ1) is 21.2. The first-order valence-corrected chi connectivity index (χ1v) is 8.36. The molecular weight excluding hydrogens is 381 g/mol. The van der Waals surface area contributed by atoms with Crippen LogP contribution in [0, 0.1) is 0 Å². The fraction of sp³-hybridized carbons (Fsp3) is 0.412. The lowest BCUT2D eigenvalue weighted by molar-refractivity contribution is -0.159. The number of amides is 2. The van der Waals surface area contributed by atoms with Crippen molar-refractivity contribution in [3.8, 4) is 5.75 Å². The average Bonchev–Trinajstić information content (AvgIpc) is 3.09. The molecule has 0 unspecified atom stereocenters. The van der Waals surface area contributed by atoms with Crippen LogP contribution in [0.15, 0.2) is 28.8 Å². The molecule has 0 aliphatic rings. The summed E-state index contributed by atoms with van der Waals surface area (Å²) in [5, 5.41) is 8.24. The highest BCUT2D eigenvalue weighted by molar-refractivity contribution is 5.79. The third kappa shape index (κ3) is 5.96. The molecule has 1 atom stereocenters. The van der Waals surface area contributed by atoms with Gasteiger partial charge in [0.15, 0.2) is 5.82 Å². The number of halogens is 3. The van der Waals surface area contributed by atoms with Crippen molar-refractivity contribution in [3.63, 3.8) is 0 Å². The number of aromatic nitrogens is 2. The van der Waals surface area contributed by atoms with Gasteiger partial charge >= 0.3 is 12.1 Å². The van der Waals surface area contributed by atoms with Gasteiger partial charge in [-0.15, -0.1) is 0 Å². The molecule has 8 nitrogen and oxygen atoms in total. The van der Waals surface area contributed by atoms with Crippen LogP contribution < -0.4 is 15.4 Å². The summed E-state index contributed by atoms with van der Waals surface area (Å²) in [6.07, 6.45) is -4.91. The molecule has 2 rings (SSSR count). The molecule has 28 heavy (non-hydrogen) atoms. The largest absolute Gasteiger partial charge is 0.494 e. The predicted molar refractivity (Wildman–Crippen MR) is 89.9 cm³/mol. The predicted octanol–water partition coefficient (Wildman–Crippen LogP) is 2.37. The molecule has 0 spiro atoms. The van der Waals surface area contributed by atoms with Gasteiger partial charge < -0.3 is 19.9 Å². The summed E-state index contributed by atoms with van der Waals surface area (Å²) >= 11 is 0. The lowest BCUT2D eigenvalue weighted by Crippen LogP contribution is -2.32. The first-order chi connectivity index (χ1) is 13.2. The Morgan fingerprint density at radius 3 is 2.61 bits per heavy atom. The van der Waals surface area contributed by atoms with Gasteiger partial charge in [-0.3, -0.25) is 9.59 Å². The summed E-state index contributed by atoms with van der Waals surface area (Å²) in [6.45, 7) is 3.16. The van der Waals surface area contributed by atoms with Gasteiger partial charge in [0.05, 0.1) is 25.6 Å². The summed E-state index contributed by atoms with van der Waals surface area (Å²) < 4.78 is 47.0. The van der Waals surface area contributed by atoms with E-state index in [0.29, 0.717) is 17.9 Å². The van der Waals surface area contributed by atoms with E-state index in [1.807, 2.05) is 0 Å². The summed E-state index contributed by atoms with van der Waals surface area (Å²) in [5.41, 5.74) is 0.605. The van der Waals surface area contributed by atoms with Gasteiger partial charge in [-0.2, -0.15) is 18.2 Å². The number of alkyl halides is 3. The number of nitrogens with zero attached hydrogens (tertiary/aromatic N) is 2. The standard InChI is InChI=1S/C17H19F3N4O4/c1-3-27-13-7-5-4-6-11(13)12(22-10(2)25)8-15(26)21-9-14-23-16(28-24-14)17(18,19)20/h4-7,12H,3,8-9H2,1-2H3,(H,21,26)(H,22,25)/t12-/m1/s1. The summed E-state index contributed by atoms with van der Waals surface area (Å²) in [4.78, 5) is 26.9. The zero-order valence-corrected chi connectivity index (χ0v) is 15.2. The third-order valence-electron chi connectivity index (χ3n) is 3.52. The van der Waals surface area contributed by atoms with Gasteiger partial charge in [0.25, 0.3) is 0 Å². The lowest BCUT2D eigenvalue weighted by atomic mass is 10.0. The van der Waals surface area contributed by atoms with Crippen LogP contribution in [0.25, 0.3) is 0 Å². The Hall–Kier alpha value is -3.11. The van der Waals surface area contributed by atoms with Crippen molar-refractivity contribution < 1.29 is 32.0 Å². The average molecular weight is 400 g/mol. The van der Waals surface area contributed by atoms with E-state index in [1.165, 1.54) is 6.92 Å². The SMILES string of the molecule is CCOc1ccccc1[C@@H](CC(=O)NCc1noc(C(F)(F)F)n1)NC(C)=O. The smallest absolute Gasteiger partial charge is 0.471 e. The fourth-order valence-corrected chi connectivity index (χ4v) is 2.42. The van der Waals surface area contributed by atoms with E-state index < -0.39 is 24.0 Å². The third-order valence-corrected chi connectivity index (χ3v) is 3.52. The van der Waals surface area contributed by atoms with Crippen LogP contribution in [0.5, 0.6) is 5.75 Å². The summed E-state index contributed by atoms with van der Waals surface area (Å²) in [7, 11) is 0. The van der Waals surface area contributed by atoms with E-state index in [4.69, 9.17) is 4.74 Å². The Morgan fingerprint density at radius 2 is 2.00 bits per heavy atom. The van der Waals surface area contributed by atoms with Crippen LogP contribution in [0.1, 0.15) is 43.6 Å². The Kier molecular flexibility index (Phi) is 6.96. The van der Waals surface area contributed by atoms with Crippen molar-refractivity contribution in [1.29, 1.82) is 0 Å². The maximum absolute atomic E-state index is 12.4. The number of carbonyl (C=O) groups excluding carboxylic acids is 2. The van der Waals surface area contributed by atoms with E-state index in [9.17, 15) is 22.8 Å². The number of carbonyl (C=O) groups is 2. The van der Waals surface area contributed by atoms with Crippen molar-refractivity contribution >= 4 is 11.8 Å². The Balaban J connectivity index is 2.05. The molecule has 2 N–H and O–H groups in total. The minimum absolute atomic E-state index is 0.159. The lowest BCUT2D eigenvalue weighted by Gasteiger charge is -2.20. The molecule has 0 aliphatic heterocycles. The molecule has 0 radical (unpaired) electrons. The van der Waals surface area contributed by atoms with Crippen molar-refractivity contribution in [2.45, 2.75) is 39.0 Å². The number of hydrogen-bond acceptors (Lipinski definition) is 6. The molecule has 1 aromatic carbocycles. The first-order valence-electron chi connectivity index (χ1n) is 8.36. The van der Waals surface area contributed by atoms with E-state index >= 15 is 0 Å². The molecule has 152 valence electrons. The van der Waals surface area contributed by atoms with Gasteiger partial charge in [-0.25, -0.2) is 0 Å². The number of rotatable bonds is 8. The maximum atomic E-state index is 12.4. The van der Waals surface area contributed by atoms with Crippen molar-refractivity contribution in [3.05, 3.63) is 41.5 Å². The second-order valence-corrected chi connectivity index (χ2v) is 5.72. The molecular formula is C17H19F3N4O4. The van der Waals surface area contributed by atoms with E-state index in [0.717, 1.165) is 0 Å². The van der Waals surface area contributed by atoms with Gasteiger partial charge in [-0.05, 0) is 13.0 Å². The van der Waals surface area contributed by atoms with Crippen molar-refractivity contribution in [2.75, 3.05) is 6.61 Å². The Bertz CT molecular complexity index is 823. The molecule has 1 aromatic heterocycles. The van der Waals surface area contributed by atoms with E-state index in [-0.39, 0.29) is 24.7 Å². The summed E-state index contributed by atoms with van der Waals surface area (Å²) in [6, 6.07) is 6.24. The molecule has 0 bridgehead atoms. The van der Waals surface area contributed by atoms with Crippen LogP contribution in [-0.2, 0) is 22.3 Å². The molecule has 0 fully saturated rings. The number of nitrogens with one attached hydrogen (secondary N) is 2. The van der Waals surface area contributed by atoms with Gasteiger partial charge in [-0.1, -0.05) is 23.4 Å². The fourth-order valence-electron chi connectivity index (χ4n) is 2.42. The van der Waals surface area contributed by atoms with Gasteiger partial charge in [0.2, 0.25) is 11.8 Å². The monoisotopic (exact) mass is 400 g/mol. The second kappa shape index (κ2) is 9.20. The van der Waals surface area contributed by atoms with Gasteiger partial charge in [0.1, 0.15) is 5.75 Å². The quantitative estimate of drug-likeness (QED) is 0.705. The van der Waals surface area contributed by atoms with Crippen LogP contribution in [0.3, 0.4) is 0 Å². The molecule has 11 heteroatoms. The minimum atomic E-state index is -4.76. The van der Waals surface area contributed by atoms with E-state index in [1.54, 1.807) is 31.2 Å². The molecule has 2 aromatic rings. The van der Waals surface area contributed by atoms with Crippen molar-refractivity contribution in [1.82, 2.24) is 20.8 Å².